The van der Waals surface area contributed by atoms with Gasteiger partial charge < -0.3 is 19.4 Å². The number of benzene rings is 2. The van der Waals surface area contributed by atoms with Gasteiger partial charge >= 0.3 is 0 Å². The molecule has 0 radical (unpaired) electrons. The molecule has 8 heteroatoms. The van der Waals surface area contributed by atoms with Gasteiger partial charge in [0.15, 0.2) is 0 Å². The van der Waals surface area contributed by atoms with E-state index in [9.17, 15) is 13.6 Å². The van der Waals surface area contributed by atoms with Crippen molar-refractivity contribution in [2.45, 2.75) is 19.4 Å². The van der Waals surface area contributed by atoms with Crippen LogP contribution in [0, 0.1) is 18.6 Å². The summed E-state index contributed by atoms with van der Waals surface area (Å²) < 4.78 is 39.5. The predicted octanol–water partition coefficient (Wildman–Crippen LogP) is 3.75. The number of fused-ring (bicyclic) bond motifs is 2. The molecule has 1 N–H and O–H groups in total. The van der Waals surface area contributed by atoms with Crippen molar-refractivity contribution >= 4 is 16.9 Å². The highest BCUT2D eigenvalue weighted by Gasteiger charge is 2.29. The van der Waals surface area contributed by atoms with Crippen LogP contribution in [0.3, 0.4) is 0 Å². The van der Waals surface area contributed by atoms with Gasteiger partial charge in [0.1, 0.15) is 40.6 Å². The lowest BCUT2D eigenvalue weighted by Crippen LogP contribution is -2.22. The minimum absolute atomic E-state index is 0.128. The SMILES string of the molecule is Cc1nc2c(O[C@@H]3CCOc4cc(F)cc(F)c43)cc(C(=O)N(C)C)cc2[nH]1. The van der Waals surface area contributed by atoms with Crippen LogP contribution >= 0.6 is 0 Å². The lowest BCUT2D eigenvalue weighted by atomic mass is 10.0. The van der Waals surface area contributed by atoms with Gasteiger partial charge in [-0.3, -0.25) is 4.79 Å². The van der Waals surface area contributed by atoms with Crippen molar-refractivity contribution in [3.8, 4) is 11.5 Å². The number of carbonyl (C=O) groups is 1. The van der Waals surface area contributed by atoms with E-state index in [1.54, 1.807) is 33.2 Å². The minimum atomic E-state index is -0.727. The molecule has 28 heavy (non-hydrogen) atoms. The van der Waals surface area contributed by atoms with Crippen LogP contribution in [0.15, 0.2) is 24.3 Å². The first kappa shape index (κ1) is 18.2. The predicted molar refractivity (Wildman–Crippen MR) is 98.7 cm³/mol. The zero-order chi connectivity index (χ0) is 20.0. The van der Waals surface area contributed by atoms with Gasteiger partial charge in [-0.15, -0.1) is 0 Å². The summed E-state index contributed by atoms with van der Waals surface area (Å²) in [5.41, 5.74) is 1.77. The van der Waals surface area contributed by atoms with Gasteiger partial charge in [-0.05, 0) is 19.1 Å². The van der Waals surface area contributed by atoms with Crippen LogP contribution in [-0.4, -0.2) is 41.5 Å². The number of nitrogens with one attached hydrogen (secondary N) is 1. The summed E-state index contributed by atoms with van der Waals surface area (Å²) in [6, 6.07) is 5.26. The Kier molecular flexibility index (Phi) is 4.41. The maximum absolute atomic E-state index is 14.4. The number of rotatable bonds is 3. The van der Waals surface area contributed by atoms with E-state index in [0.717, 1.165) is 12.1 Å². The molecule has 0 unspecified atom stereocenters. The quantitative estimate of drug-likeness (QED) is 0.743. The number of aromatic nitrogens is 2. The number of halogens is 2. The topological polar surface area (TPSA) is 67.5 Å². The number of nitrogens with zero attached hydrogens (tertiary/aromatic N) is 2. The molecule has 1 atom stereocenters. The van der Waals surface area contributed by atoms with Gasteiger partial charge in [0, 0.05) is 38.2 Å². The van der Waals surface area contributed by atoms with Gasteiger partial charge in [-0.25, -0.2) is 13.8 Å². The second kappa shape index (κ2) is 6.78. The second-order valence-corrected chi connectivity index (χ2v) is 6.94. The van der Waals surface area contributed by atoms with Crippen molar-refractivity contribution in [3.63, 3.8) is 0 Å². The molecular formula is C20H19F2N3O3. The van der Waals surface area contributed by atoms with Crippen LogP contribution in [0.25, 0.3) is 11.0 Å². The number of hydrogen-bond acceptors (Lipinski definition) is 4. The average Bonchev–Trinajstić information content (AvgIpc) is 3.01. The summed E-state index contributed by atoms with van der Waals surface area (Å²) in [6.45, 7) is 2.06. The fourth-order valence-corrected chi connectivity index (χ4v) is 3.36. The largest absolute Gasteiger partial charge is 0.493 e. The molecule has 2 aromatic carbocycles. The van der Waals surface area contributed by atoms with Crippen LogP contribution in [0.2, 0.25) is 0 Å². The summed E-state index contributed by atoms with van der Waals surface area (Å²) >= 11 is 0. The van der Waals surface area contributed by atoms with E-state index in [2.05, 4.69) is 9.97 Å². The maximum atomic E-state index is 14.4. The van der Waals surface area contributed by atoms with Crippen LogP contribution in [0.4, 0.5) is 8.78 Å². The fraction of sp³-hybridized carbons (Fsp3) is 0.300. The Morgan fingerprint density at radius 2 is 2.07 bits per heavy atom. The Morgan fingerprint density at radius 1 is 1.29 bits per heavy atom. The molecule has 0 saturated heterocycles. The zero-order valence-electron chi connectivity index (χ0n) is 15.7. The number of amides is 1. The number of ether oxygens (including phenoxy) is 2. The number of aromatic amines is 1. The van der Waals surface area contributed by atoms with E-state index < -0.39 is 17.7 Å². The third-order valence-corrected chi connectivity index (χ3v) is 4.61. The Balaban J connectivity index is 1.80. The third kappa shape index (κ3) is 3.15. The number of H-pyrrole nitrogens is 1. The summed E-state index contributed by atoms with van der Waals surface area (Å²) in [7, 11) is 3.31. The Hall–Kier alpha value is -3.16. The van der Waals surface area contributed by atoms with Crippen molar-refractivity contribution < 1.29 is 23.0 Å². The molecule has 0 fully saturated rings. The van der Waals surface area contributed by atoms with Crippen LogP contribution < -0.4 is 9.47 Å². The Morgan fingerprint density at radius 3 is 2.82 bits per heavy atom. The fourth-order valence-electron chi connectivity index (χ4n) is 3.36. The molecule has 146 valence electrons. The van der Waals surface area contributed by atoms with Crippen molar-refractivity contribution in [1.29, 1.82) is 0 Å². The highest BCUT2D eigenvalue weighted by Crippen LogP contribution is 2.39. The van der Waals surface area contributed by atoms with Crippen molar-refractivity contribution in [2.24, 2.45) is 0 Å². The maximum Gasteiger partial charge on any atom is 0.253 e. The molecule has 1 aliphatic heterocycles. The first-order chi connectivity index (χ1) is 13.3. The summed E-state index contributed by atoms with van der Waals surface area (Å²) in [6.07, 6.45) is -0.305. The number of hydrogen-bond donors (Lipinski definition) is 1. The van der Waals surface area contributed by atoms with Crippen LogP contribution in [0.1, 0.15) is 34.3 Å². The molecule has 1 aromatic heterocycles. The van der Waals surface area contributed by atoms with Crippen LogP contribution in [-0.2, 0) is 0 Å². The summed E-state index contributed by atoms with van der Waals surface area (Å²) in [5.74, 6) is -0.484. The highest BCUT2D eigenvalue weighted by atomic mass is 19.1. The molecule has 3 aromatic rings. The average molecular weight is 387 g/mol. The van der Waals surface area contributed by atoms with Gasteiger partial charge in [-0.1, -0.05) is 0 Å². The van der Waals surface area contributed by atoms with Crippen molar-refractivity contribution in [1.82, 2.24) is 14.9 Å². The van der Waals surface area contributed by atoms with Gasteiger partial charge in [0.2, 0.25) is 0 Å². The number of aryl methyl sites for hydroxylation is 1. The molecule has 0 saturated carbocycles. The Labute approximate surface area is 160 Å². The number of imidazole rings is 1. The zero-order valence-corrected chi connectivity index (χ0v) is 15.7. The molecule has 0 spiro atoms. The molecule has 0 aliphatic carbocycles. The standard InChI is InChI=1S/C20H19F2N3O3/c1-10-23-14-6-11(20(26)25(2)3)7-17(19(14)24-10)28-15-4-5-27-16-9-12(21)8-13(22)18(15)16/h6-9,15H,4-5H2,1-3H3,(H,23,24)/t15-/m1/s1. The van der Waals surface area contributed by atoms with E-state index in [1.165, 1.54) is 4.90 Å². The van der Waals surface area contributed by atoms with Gasteiger partial charge in [-0.2, -0.15) is 0 Å². The third-order valence-electron chi connectivity index (χ3n) is 4.61. The molecule has 1 aliphatic rings. The van der Waals surface area contributed by atoms with E-state index in [-0.39, 0.29) is 23.8 Å². The van der Waals surface area contributed by atoms with E-state index in [0.29, 0.717) is 34.6 Å². The van der Waals surface area contributed by atoms with Gasteiger partial charge in [0.25, 0.3) is 5.91 Å². The van der Waals surface area contributed by atoms with Crippen molar-refractivity contribution in [3.05, 3.63) is 52.9 Å². The lowest BCUT2D eigenvalue weighted by molar-refractivity contribution is 0.0826. The molecule has 4 rings (SSSR count). The highest BCUT2D eigenvalue weighted by molar-refractivity contribution is 5.99. The normalized spacial score (nSPS) is 15.8. The smallest absolute Gasteiger partial charge is 0.253 e. The minimum Gasteiger partial charge on any atom is -0.493 e. The molecule has 6 nitrogen and oxygen atoms in total. The first-order valence-corrected chi connectivity index (χ1v) is 8.84. The number of carbonyl (C=O) groups excluding carboxylic acids is 1. The van der Waals surface area contributed by atoms with E-state index in [4.69, 9.17) is 9.47 Å². The second-order valence-electron chi connectivity index (χ2n) is 6.94. The van der Waals surface area contributed by atoms with Crippen LogP contribution in [0.5, 0.6) is 11.5 Å². The molecule has 0 bridgehead atoms. The monoisotopic (exact) mass is 387 g/mol. The molecule has 2 heterocycles. The lowest BCUT2D eigenvalue weighted by Gasteiger charge is -2.27. The van der Waals surface area contributed by atoms with E-state index in [1.807, 2.05) is 0 Å². The summed E-state index contributed by atoms with van der Waals surface area (Å²) in [5, 5.41) is 0. The molecule has 1 amide bonds. The van der Waals surface area contributed by atoms with E-state index >= 15 is 0 Å². The Bertz CT molecular complexity index is 1080. The van der Waals surface area contributed by atoms with Crippen molar-refractivity contribution in [2.75, 3.05) is 20.7 Å². The summed E-state index contributed by atoms with van der Waals surface area (Å²) in [4.78, 5) is 21.4. The van der Waals surface area contributed by atoms with Gasteiger partial charge in [0.05, 0.1) is 17.7 Å². The first-order valence-electron chi connectivity index (χ1n) is 8.84. The molecular weight excluding hydrogens is 368 g/mol.